The molecule has 16 heavy (non-hydrogen) atoms. The molecule has 1 aromatic heterocycles. The van der Waals surface area contributed by atoms with Crippen molar-refractivity contribution in [1.82, 2.24) is 20.3 Å². The molecule has 1 N–H and O–H groups in total. The molecule has 4 heteroatoms. The molecule has 90 valence electrons. The van der Waals surface area contributed by atoms with Crippen molar-refractivity contribution in [3.63, 3.8) is 0 Å². The Kier molecular flexibility index (Phi) is 3.59. The second-order valence-electron chi connectivity index (χ2n) is 5.05. The molecule has 0 radical (unpaired) electrons. The number of aryl methyl sites for hydroxylation is 1. The highest BCUT2D eigenvalue weighted by atomic mass is 15.4. The molecule has 0 aromatic carbocycles. The zero-order valence-corrected chi connectivity index (χ0v) is 10.4. The van der Waals surface area contributed by atoms with Crippen LogP contribution in [-0.2, 0) is 13.6 Å². The van der Waals surface area contributed by atoms with Gasteiger partial charge in [-0.3, -0.25) is 4.68 Å². The van der Waals surface area contributed by atoms with Crippen molar-refractivity contribution >= 4 is 0 Å². The zero-order valence-electron chi connectivity index (χ0n) is 10.4. The molecule has 0 spiro atoms. The van der Waals surface area contributed by atoms with Crippen LogP contribution >= 0.6 is 0 Å². The van der Waals surface area contributed by atoms with Crippen LogP contribution in [0, 0.1) is 5.41 Å². The van der Waals surface area contributed by atoms with E-state index < -0.39 is 0 Å². The Morgan fingerprint density at radius 2 is 2.19 bits per heavy atom. The number of nitrogens with zero attached hydrogens (tertiary/aromatic N) is 3. The summed E-state index contributed by atoms with van der Waals surface area (Å²) in [5, 5.41) is 11.5. The molecule has 1 saturated carbocycles. The van der Waals surface area contributed by atoms with Crippen LogP contribution in [0.25, 0.3) is 0 Å². The minimum atomic E-state index is 0.558. The van der Waals surface area contributed by atoms with Crippen LogP contribution in [0.15, 0.2) is 6.20 Å². The SMILES string of the molecule is CCC1(CNCc2cn(C)nn2)CCCC1. The second kappa shape index (κ2) is 4.95. The van der Waals surface area contributed by atoms with Crippen LogP contribution in [0.2, 0.25) is 0 Å². The lowest BCUT2D eigenvalue weighted by atomic mass is 9.83. The van der Waals surface area contributed by atoms with E-state index >= 15 is 0 Å². The van der Waals surface area contributed by atoms with Gasteiger partial charge in [0.15, 0.2) is 0 Å². The van der Waals surface area contributed by atoms with Crippen molar-refractivity contribution < 1.29 is 0 Å². The van der Waals surface area contributed by atoms with E-state index in [1.165, 1.54) is 32.1 Å². The van der Waals surface area contributed by atoms with Gasteiger partial charge in [-0.2, -0.15) is 0 Å². The maximum Gasteiger partial charge on any atom is 0.0964 e. The first-order valence-corrected chi connectivity index (χ1v) is 6.30. The lowest BCUT2D eigenvalue weighted by Crippen LogP contribution is -2.31. The molecule has 0 bridgehead atoms. The van der Waals surface area contributed by atoms with Gasteiger partial charge in [0.1, 0.15) is 0 Å². The number of hydrogen-bond acceptors (Lipinski definition) is 3. The Balaban J connectivity index is 1.78. The maximum atomic E-state index is 4.08. The normalized spacial score (nSPS) is 19.1. The van der Waals surface area contributed by atoms with Gasteiger partial charge in [0.05, 0.1) is 5.69 Å². The summed E-state index contributed by atoms with van der Waals surface area (Å²) in [6.07, 6.45) is 8.84. The monoisotopic (exact) mass is 222 g/mol. The first-order valence-electron chi connectivity index (χ1n) is 6.30. The van der Waals surface area contributed by atoms with Crippen molar-refractivity contribution in [3.8, 4) is 0 Å². The molecular weight excluding hydrogens is 200 g/mol. The van der Waals surface area contributed by atoms with Gasteiger partial charge in [0, 0.05) is 26.3 Å². The first-order chi connectivity index (χ1) is 7.74. The fourth-order valence-corrected chi connectivity index (χ4v) is 2.71. The third kappa shape index (κ3) is 2.61. The summed E-state index contributed by atoms with van der Waals surface area (Å²) in [7, 11) is 1.90. The lowest BCUT2D eigenvalue weighted by Gasteiger charge is -2.27. The van der Waals surface area contributed by atoms with Crippen molar-refractivity contribution in [1.29, 1.82) is 0 Å². The van der Waals surface area contributed by atoms with E-state index in [0.717, 1.165) is 18.8 Å². The van der Waals surface area contributed by atoms with Gasteiger partial charge in [0.25, 0.3) is 0 Å². The predicted octanol–water partition coefficient (Wildman–Crippen LogP) is 1.88. The zero-order chi connectivity index (χ0) is 11.4. The number of nitrogens with one attached hydrogen (secondary N) is 1. The van der Waals surface area contributed by atoms with E-state index in [2.05, 4.69) is 22.6 Å². The Hall–Kier alpha value is -0.900. The molecule has 1 fully saturated rings. The molecule has 1 aliphatic rings. The van der Waals surface area contributed by atoms with Crippen molar-refractivity contribution in [3.05, 3.63) is 11.9 Å². The van der Waals surface area contributed by atoms with E-state index in [0.29, 0.717) is 5.41 Å². The van der Waals surface area contributed by atoms with Crippen molar-refractivity contribution in [2.45, 2.75) is 45.6 Å². The molecule has 1 aliphatic carbocycles. The second-order valence-corrected chi connectivity index (χ2v) is 5.05. The average Bonchev–Trinajstić information content (AvgIpc) is 2.89. The number of aromatic nitrogens is 3. The van der Waals surface area contributed by atoms with E-state index in [-0.39, 0.29) is 0 Å². The van der Waals surface area contributed by atoms with Crippen LogP contribution in [0.1, 0.15) is 44.7 Å². The fraction of sp³-hybridized carbons (Fsp3) is 0.833. The third-order valence-electron chi connectivity index (χ3n) is 3.87. The molecule has 0 amide bonds. The standard InChI is InChI=1S/C12H22N4/c1-3-12(6-4-5-7-12)10-13-8-11-9-16(2)15-14-11/h9,13H,3-8,10H2,1-2H3. The largest absolute Gasteiger partial charge is 0.311 e. The Bertz CT molecular complexity index is 326. The third-order valence-corrected chi connectivity index (χ3v) is 3.87. The van der Waals surface area contributed by atoms with Crippen LogP contribution in [-0.4, -0.2) is 21.5 Å². The first kappa shape index (κ1) is 11.6. The van der Waals surface area contributed by atoms with Crippen molar-refractivity contribution in [2.24, 2.45) is 12.5 Å². The molecule has 1 heterocycles. The average molecular weight is 222 g/mol. The van der Waals surface area contributed by atoms with Gasteiger partial charge >= 0.3 is 0 Å². The summed E-state index contributed by atoms with van der Waals surface area (Å²) in [6.45, 7) is 4.28. The van der Waals surface area contributed by atoms with Gasteiger partial charge in [-0.25, -0.2) is 0 Å². The molecule has 0 saturated heterocycles. The van der Waals surface area contributed by atoms with Crippen LogP contribution in [0.5, 0.6) is 0 Å². The molecule has 2 rings (SSSR count). The van der Waals surface area contributed by atoms with Gasteiger partial charge in [-0.15, -0.1) is 5.10 Å². The summed E-state index contributed by atoms with van der Waals surface area (Å²) < 4.78 is 1.75. The van der Waals surface area contributed by atoms with E-state index in [9.17, 15) is 0 Å². The molecule has 0 aliphatic heterocycles. The van der Waals surface area contributed by atoms with Crippen LogP contribution in [0.3, 0.4) is 0 Å². The topological polar surface area (TPSA) is 42.7 Å². The van der Waals surface area contributed by atoms with E-state index in [1.807, 2.05) is 13.2 Å². The molecular formula is C12H22N4. The summed E-state index contributed by atoms with van der Waals surface area (Å²) in [5.41, 5.74) is 1.59. The van der Waals surface area contributed by atoms with E-state index in [4.69, 9.17) is 0 Å². The number of hydrogen-bond donors (Lipinski definition) is 1. The Morgan fingerprint density at radius 3 is 2.75 bits per heavy atom. The highest BCUT2D eigenvalue weighted by Gasteiger charge is 2.31. The summed E-state index contributed by atoms with van der Waals surface area (Å²) in [4.78, 5) is 0. The molecule has 4 nitrogen and oxygen atoms in total. The Morgan fingerprint density at radius 1 is 1.44 bits per heavy atom. The van der Waals surface area contributed by atoms with Crippen molar-refractivity contribution in [2.75, 3.05) is 6.54 Å². The highest BCUT2D eigenvalue weighted by molar-refractivity contribution is 4.92. The summed E-state index contributed by atoms with van der Waals surface area (Å²) in [5.74, 6) is 0. The van der Waals surface area contributed by atoms with Gasteiger partial charge < -0.3 is 5.32 Å². The quantitative estimate of drug-likeness (QED) is 0.827. The van der Waals surface area contributed by atoms with E-state index in [1.54, 1.807) is 4.68 Å². The number of rotatable bonds is 5. The molecule has 0 atom stereocenters. The maximum absolute atomic E-state index is 4.08. The Labute approximate surface area is 97.4 Å². The van der Waals surface area contributed by atoms with Gasteiger partial charge in [0.2, 0.25) is 0 Å². The smallest absolute Gasteiger partial charge is 0.0964 e. The molecule has 0 unspecified atom stereocenters. The fourth-order valence-electron chi connectivity index (χ4n) is 2.71. The predicted molar refractivity (Wildman–Crippen MR) is 63.9 cm³/mol. The highest BCUT2D eigenvalue weighted by Crippen LogP contribution is 2.40. The minimum absolute atomic E-state index is 0.558. The summed E-state index contributed by atoms with van der Waals surface area (Å²) >= 11 is 0. The van der Waals surface area contributed by atoms with Gasteiger partial charge in [-0.1, -0.05) is 25.0 Å². The minimum Gasteiger partial charge on any atom is -0.311 e. The van der Waals surface area contributed by atoms with Gasteiger partial charge in [-0.05, 0) is 24.7 Å². The van der Waals surface area contributed by atoms with Crippen LogP contribution < -0.4 is 5.32 Å². The van der Waals surface area contributed by atoms with Crippen LogP contribution in [0.4, 0.5) is 0 Å². The lowest BCUT2D eigenvalue weighted by molar-refractivity contribution is 0.268. The molecule has 1 aromatic rings. The summed E-state index contributed by atoms with van der Waals surface area (Å²) in [6, 6.07) is 0.